The topological polar surface area (TPSA) is 75.8 Å². The Kier molecular flexibility index (Phi) is 6.32. The molecule has 1 atom stereocenters. The summed E-state index contributed by atoms with van der Waals surface area (Å²) in [6, 6.07) is 9.44. The van der Waals surface area contributed by atoms with Crippen LogP contribution in [0.25, 0.3) is 0 Å². The van der Waals surface area contributed by atoms with Gasteiger partial charge in [0.25, 0.3) is 0 Å². The molecule has 0 bridgehead atoms. The first-order valence-electron chi connectivity index (χ1n) is 6.37. The molecule has 5 nitrogen and oxygen atoms in total. The highest BCUT2D eigenvalue weighted by atomic mass is 16.5. The van der Waals surface area contributed by atoms with E-state index in [9.17, 15) is 9.90 Å². The summed E-state index contributed by atoms with van der Waals surface area (Å²) in [4.78, 5) is 12.8. The van der Waals surface area contributed by atoms with Crippen molar-refractivity contribution in [2.45, 2.75) is 26.0 Å². The van der Waals surface area contributed by atoms with Gasteiger partial charge >= 0.3 is 0 Å². The number of ether oxygens (including phenoxy) is 1. The van der Waals surface area contributed by atoms with Gasteiger partial charge in [0.05, 0.1) is 6.54 Å². The van der Waals surface area contributed by atoms with Crippen LogP contribution in [0.3, 0.4) is 0 Å². The highest BCUT2D eigenvalue weighted by molar-refractivity contribution is 5.75. The molecule has 3 N–H and O–H groups in total. The highest BCUT2D eigenvalue weighted by Crippen LogP contribution is 2.09. The summed E-state index contributed by atoms with van der Waals surface area (Å²) in [6.45, 7) is 4.58. The van der Waals surface area contributed by atoms with E-state index in [1.54, 1.807) is 0 Å². The first-order chi connectivity index (χ1) is 8.99. The van der Waals surface area contributed by atoms with Gasteiger partial charge in [-0.1, -0.05) is 18.2 Å². The molecule has 19 heavy (non-hydrogen) atoms. The van der Waals surface area contributed by atoms with Gasteiger partial charge in [0.1, 0.15) is 18.5 Å². The number of nitrogens with two attached hydrogens (primary N) is 1. The number of primary amides is 1. The summed E-state index contributed by atoms with van der Waals surface area (Å²) in [6.07, 6.45) is -0.665. The third-order valence-electron chi connectivity index (χ3n) is 2.72. The minimum Gasteiger partial charge on any atom is -0.491 e. The molecule has 106 valence electrons. The maximum Gasteiger partial charge on any atom is 0.231 e. The number of amides is 1. The second-order valence-electron chi connectivity index (χ2n) is 4.77. The first-order valence-corrected chi connectivity index (χ1v) is 6.37. The van der Waals surface area contributed by atoms with Gasteiger partial charge < -0.3 is 15.6 Å². The van der Waals surface area contributed by atoms with Crippen molar-refractivity contribution >= 4 is 5.91 Å². The Morgan fingerprint density at radius 1 is 1.37 bits per heavy atom. The molecule has 1 aromatic carbocycles. The van der Waals surface area contributed by atoms with E-state index in [4.69, 9.17) is 10.5 Å². The van der Waals surface area contributed by atoms with E-state index in [1.165, 1.54) is 0 Å². The molecule has 0 aliphatic rings. The summed E-state index contributed by atoms with van der Waals surface area (Å²) >= 11 is 0. The van der Waals surface area contributed by atoms with Crippen molar-refractivity contribution in [1.29, 1.82) is 0 Å². The fourth-order valence-corrected chi connectivity index (χ4v) is 1.69. The van der Waals surface area contributed by atoms with Crippen LogP contribution in [0.15, 0.2) is 30.3 Å². The number of rotatable bonds is 8. The summed E-state index contributed by atoms with van der Waals surface area (Å²) < 4.78 is 5.46. The molecule has 0 heterocycles. The van der Waals surface area contributed by atoms with Crippen LogP contribution in [0, 0.1) is 0 Å². The van der Waals surface area contributed by atoms with Crippen LogP contribution >= 0.6 is 0 Å². The number of hydrogen-bond acceptors (Lipinski definition) is 4. The van der Waals surface area contributed by atoms with Crippen molar-refractivity contribution < 1.29 is 14.6 Å². The Morgan fingerprint density at radius 2 is 2.00 bits per heavy atom. The molecule has 1 amide bonds. The zero-order chi connectivity index (χ0) is 14.3. The monoisotopic (exact) mass is 266 g/mol. The number of nitrogens with zero attached hydrogens (tertiary/aromatic N) is 1. The van der Waals surface area contributed by atoms with Crippen molar-refractivity contribution in [3.63, 3.8) is 0 Å². The quantitative estimate of drug-likeness (QED) is 0.723. The van der Waals surface area contributed by atoms with Gasteiger partial charge in [-0.2, -0.15) is 0 Å². The predicted octanol–water partition coefficient (Wildman–Crippen LogP) is 0.622. The molecule has 0 saturated heterocycles. The average Bonchev–Trinajstić information content (AvgIpc) is 2.36. The Balaban J connectivity index is 2.40. The zero-order valence-corrected chi connectivity index (χ0v) is 11.5. The molecule has 0 radical (unpaired) electrons. The zero-order valence-electron chi connectivity index (χ0n) is 11.5. The van der Waals surface area contributed by atoms with Crippen LogP contribution in [0.1, 0.15) is 13.8 Å². The Morgan fingerprint density at radius 3 is 2.53 bits per heavy atom. The second-order valence-corrected chi connectivity index (χ2v) is 4.77. The summed E-state index contributed by atoms with van der Waals surface area (Å²) in [5.74, 6) is 0.317. The van der Waals surface area contributed by atoms with Gasteiger partial charge in [-0.15, -0.1) is 0 Å². The van der Waals surface area contributed by atoms with Crippen LogP contribution in [0.5, 0.6) is 5.75 Å². The van der Waals surface area contributed by atoms with E-state index < -0.39 is 12.0 Å². The van der Waals surface area contributed by atoms with E-state index in [1.807, 2.05) is 49.1 Å². The molecule has 1 aromatic rings. The molecular formula is C14H22N2O3. The number of carbonyl (C=O) groups is 1. The number of aliphatic hydroxyl groups excluding tert-OH is 1. The smallest absolute Gasteiger partial charge is 0.231 e. The second kappa shape index (κ2) is 7.76. The largest absolute Gasteiger partial charge is 0.491 e. The van der Waals surface area contributed by atoms with E-state index in [0.717, 1.165) is 0 Å². The van der Waals surface area contributed by atoms with Gasteiger partial charge in [0, 0.05) is 12.6 Å². The third kappa shape index (κ3) is 6.22. The molecule has 0 spiro atoms. The lowest BCUT2D eigenvalue weighted by molar-refractivity contribution is -0.120. The van der Waals surface area contributed by atoms with Crippen molar-refractivity contribution in [2.75, 3.05) is 19.7 Å². The summed E-state index contributed by atoms with van der Waals surface area (Å²) in [5.41, 5.74) is 5.18. The lowest BCUT2D eigenvalue weighted by Crippen LogP contribution is -2.44. The van der Waals surface area contributed by atoms with E-state index >= 15 is 0 Å². The van der Waals surface area contributed by atoms with Gasteiger partial charge in [-0.05, 0) is 26.0 Å². The van der Waals surface area contributed by atoms with Crippen molar-refractivity contribution in [3.05, 3.63) is 30.3 Å². The lowest BCUT2D eigenvalue weighted by atomic mass is 10.2. The van der Waals surface area contributed by atoms with E-state index in [0.29, 0.717) is 12.3 Å². The molecule has 0 aromatic heterocycles. The maximum absolute atomic E-state index is 10.9. The van der Waals surface area contributed by atoms with E-state index in [-0.39, 0.29) is 19.2 Å². The fraction of sp³-hybridized carbons (Fsp3) is 0.500. The number of para-hydroxylation sites is 1. The normalized spacial score (nSPS) is 12.7. The Hall–Kier alpha value is -1.59. The van der Waals surface area contributed by atoms with Crippen LogP contribution in [-0.4, -0.2) is 47.8 Å². The number of benzene rings is 1. The third-order valence-corrected chi connectivity index (χ3v) is 2.72. The SMILES string of the molecule is CC(C)N(CC(N)=O)CC(O)COc1ccccc1. The fourth-order valence-electron chi connectivity index (χ4n) is 1.69. The molecule has 5 heteroatoms. The molecule has 1 unspecified atom stereocenters. The number of hydrogen-bond donors (Lipinski definition) is 2. The van der Waals surface area contributed by atoms with E-state index in [2.05, 4.69) is 0 Å². The minimum absolute atomic E-state index is 0.138. The van der Waals surface area contributed by atoms with Crippen molar-refractivity contribution in [1.82, 2.24) is 4.90 Å². The number of aliphatic hydroxyl groups is 1. The Labute approximate surface area is 114 Å². The van der Waals surface area contributed by atoms with Gasteiger partial charge in [0.15, 0.2) is 0 Å². The van der Waals surface area contributed by atoms with Gasteiger partial charge in [-0.3, -0.25) is 9.69 Å². The average molecular weight is 266 g/mol. The maximum atomic E-state index is 10.9. The molecule has 0 fully saturated rings. The number of carbonyl (C=O) groups excluding carboxylic acids is 1. The minimum atomic E-state index is -0.665. The van der Waals surface area contributed by atoms with Gasteiger partial charge in [0.2, 0.25) is 5.91 Å². The first kappa shape index (κ1) is 15.5. The predicted molar refractivity (Wildman–Crippen MR) is 73.8 cm³/mol. The van der Waals surface area contributed by atoms with Crippen LogP contribution in [-0.2, 0) is 4.79 Å². The molecule has 1 rings (SSSR count). The van der Waals surface area contributed by atoms with Crippen molar-refractivity contribution in [2.24, 2.45) is 5.73 Å². The summed E-state index contributed by atoms with van der Waals surface area (Å²) in [5, 5.41) is 9.92. The standard InChI is InChI=1S/C14H22N2O3/c1-11(2)16(9-14(15)18)8-12(17)10-19-13-6-4-3-5-7-13/h3-7,11-12,17H,8-10H2,1-2H3,(H2,15,18). The molecule has 0 aliphatic heterocycles. The van der Waals surface area contributed by atoms with Gasteiger partial charge in [-0.25, -0.2) is 0 Å². The van der Waals surface area contributed by atoms with Crippen LogP contribution in [0.4, 0.5) is 0 Å². The highest BCUT2D eigenvalue weighted by Gasteiger charge is 2.17. The molecule has 0 aliphatic carbocycles. The summed E-state index contributed by atoms with van der Waals surface area (Å²) in [7, 11) is 0. The molecule has 0 saturated carbocycles. The van der Waals surface area contributed by atoms with Crippen LogP contribution < -0.4 is 10.5 Å². The Bertz CT molecular complexity index is 382. The lowest BCUT2D eigenvalue weighted by Gasteiger charge is -2.27. The van der Waals surface area contributed by atoms with Crippen molar-refractivity contribution in [3.8, 4) is 5.75 Å². The van der Waals surface area contributed by atoms with Crippen LogP contribution in [0.2, 0.25) is 0 Å². The molecular weight excluding hydrogens is 244 g/mol.